The quantitative estimate of drug-likeness (QED) is 0.858. The molecular formula is C14H15N3O2. The lowest BCUT2D eigenvalue weighted by atomic mass is 10.1. The second kappa shape index (κ2) is 5.95. The number of carboxylic acids is 1. The summed E-state index contributed by atoms with van der Waals surface area (Å²) in [7, 11) is 0. The average Bonchev–Trinajstić information content (AvgIpc) is 2.41. The van der Waals surface area contributed by atoms with E-state index in [2.05, 4.69) is 34.3 Å². The molecule has 5 nitrogen and oxygen atoms in total. The zero-order chi connectivity index (χ0) is 13.7. The first-order valence-corrected chi connectivity index (χ1v) is 6.01. The van der Waals surface area contributed by atoms with E-state index < -0.39 is 5.97 Å². The molecule has 2 N–H and O–H groups in total. The van der Waals surface area contributed by atoms with E-state index in [-0.39, 0.29) is 5.69 Å². The van der Waals surface area contributed by atoms with Crippen LogP contribution in [-0.4, -0.2) is 27.6 Å². The van der Waals surface area contributed by atoms with Crippen molar-refractivity contribution in [3.63, 3.8) is 0 Å². The molecule has 0 saturated heterocycles. The maximum atomic E-state index is 11.0. The topological polar surface area (TPSA) is 75.1 Å². The fraction of sp³-hybridized carbons (Fsp3) is 0.214. The Morgan fingerprint density at radius 3 is 2.74 bits per heavy atom. The van der Waals surface area contributed by atoms with Crippen LogP contribution in [0.5, 0.6) is 0 Å². The molecule has 0 unspecified atom stereocenters. The molecule has 1 heterocycles. The number of rotatable bonds is 5. The van der Waals surface area contributed by atoms with Crippen molar-refractivity contribution in [2.75, 3.05) is 11.9 Å². The van der Waals surface area contributed by atoms with Crippen molar-refractivity contribution >= 4 is 11.8 Å². The zero-order valence-electron chi connectivity index (χ0n) is 10.6. The Hall–Kier alpha value is -2.43. The van der Waals surface area contributed by atoms with Gasteiger partial charge in [0.05, 0.1) is 0 Å². The minimum Gasteiger partial charge on any atom is -0.476 e. The molecular weight excluding hydrogens is 242 g/mol. The molecule has 0 radical (unpaired) electrons. The van der Waals surface area contributed by atoms with Crippen LogP contribution in [0.3, 0.4) is 0 Å². The summed E-state index contributed by atoms with van der Waals surface area (Å²) >= 11 is 0. The molecule has 0 spiro atoms. The van der Waals surface area contributed by atoms with Crippen LogP contribution in [0.25, 0.3) is 0 Å². The van der Waals surface area contributed by atoms with Gasteiger partial charge in [-0.05, 0) is 24.5 Å². The van der Waals surface area contributed by atoms with E-state index in [1.54, 1.807) is 0 Å². The van der Waals surface area contributed by atoms with Crippen LogP contribution in [0.4, 0.5) is 5.82 Å². The molecule has 0 atom stereocenters. The Balaban J connectivity index is 2.00. The third kappa shape index (κ3) is 3.28. The number of hydrogen-bond donors (Lipinski definition) is 2. The molecule has 0 aliphatic rings. The molecule has 0 aliphatic carbocycles. The van der Waals surface area contributed by atoms with Crippen LogP contribution < -0.4 is 5.32 Å². The smallest absolute Gasteiger partial charge is 0.358 e. The van der Waals surface area contributed by atoms with Gasteiger partial charge in [-0.25, -0.2) is 14.8 Å². The third-order valence-corrected chi connectivity index (χ3v) is 2.85. The van der Waals surface area contributed by atoms with Gasteiger partial charge in [-0.1, -0.05) is 24.3 Å². The van der Waals surface area contributed by atoms with Gasteiger partial charge in [-0.2, -0.15) is 0 Å². The summed E-state index contributed by atoms with van der Waals surface area (Å²) in [6, 6.07) is 8.11. The van der Waals surface area contributed by atoms with Crippen LogP contribution in [-0.2, 0) is 6.42 Å². The molecule has 1 aromatic carbocycles. The van der Waals surface area contributed by atoms with Crippen LogP contribution >= 0.6 is 0 Å². The summed E-state index contributed by atoms with van der Waals surface area (Å²) in [6.45, 7) is 2.67. The van der Waals surface area contributed by atoms with Gasteiger partial charge in [0.2, 0.25) is 0 Å². The third-order valence-electron chi connectivity index (χ3n) is 2.85. The highest BCUT2D eigenvalue weighted by atomic mass is 16.4. The van der Waals surface area contributed by atoms with Crippen molar-refractivity contribution in [2.45, 2.75) is 13.3 Å². The van der Waals surface area contributed by atoms with Gasteiger partial charge in [0.15, 0.2) is 11.5 Å². The van der Waals surface area contributed by atoms with E-state index in [1.165, 1.54) is 23.5 Å². The first kappa shape index (κ1) is 13.0. The second-order valence-corrected chi connectivity index (χ2v) is 4.16. The number of aromatic nitrogens is 2. The predicted molar refractivity (Wildman–Crippen MR) is 72.4 cm³/mol. The molecule has 19 heavy (non-hydrogen) atoms. The molecule has 0 bridgehead atoms. The lowest BCUT2D eigenvalue weighted by Gasteiger charge is -2.08. The number of benzene rings is 1. The Kier molecular flexibility index (Phi) is 4.07. The lowest BCUT2D eigenvalue weighted by molar-refractivity contribution is 0.0691. The fourth-order valence-corrected chi connectivity index (χ4v) is 1.83. The Labute approximate surface area is 111 Å². The molecule has 5 heteroatoms. The molecule has 0 aliphatic heterocycles. The number of aryl methyl sites for hydroxylation is 1. The predicted octanol–water partition coefficient (Wildman–Crippen LogP) is 2.14. The summed E-state index contributed by atoms with van der Waals surface area (Å²) in [6.07, 6.45) is 3.65. The number of nitrogens with zero attached hydrogens (tertiary/aromatic N) is 2. The van der Waals surface area contributed by atoms with E-state index >= 15 is 0 Å². The van der Waals surface area contributed by atoms with Crippen molar-refractivity contribution in [2.24, 2.45) is 0 Å². The maximum absolute atomic E-state index is 11.0. The van der Waals surface area contributed by atoms with E-state index in [1.807, 2.05) is 12.1 Å². The number of nitrogens with one attached hydrogen (secondary N) is 1. The van der Waals surface area contributed by atoms with Gasteiger partial charge in [-0.15, -0.1) is 0 Å². The second-order valence-electron chi connectivity index (χ2n) is 4.16. The molecule has 2 aromatic rings. The van der Waals surface area contributed by atoms with Crippen molar-refractivity contribution in [1.82, 2.24) is 9.97 Å². The van der Waals surface area contributed by atoms with Crippen molar-refractivity contribution in [1.29, 1.82) is 0 Å². The molecule has 98 valence electrons. The summed E-state index contributed by atoms with van der Waals surface area (Å²) in [5, 5.41) is 12.0. The van der Waals surface area contributed by atoms with E-state index in [4.69, 9.17) is 5.11 Å². The number of hydrogen-bond acceptors (Lipinski definition) is 4. The minimum absolute atomic E-state index is 0.0488. The largest absolute Gasteiger partial charge is 0.476 e. The number of anilines is 1. The van der Waals surface area contributed by atoms with Gasteiger partial charge >= 0.3 is 5.97 Å². The number of carbonyl (C=O) groups is 1. The molecule has 0 saturated carbocycles. The number of carboxylic acid groups (broad SMARTS) is 1. The van der Waals surface area contributed by atoms with Crippen molar-refractivity contribution in [3.05, 3.63) is 53.5 Å². The highest BCUT2D eigenvalue weighted by Crippen LogP contribution is 2.10. The van der Waals surface area contributed by atoms with Crippen LogP contribution in [0.2, 0.25) is 0 Å². The average molecular weight is 257 g/mol. The highest BCUT2D eigenvalue weighted by molar-refractivity contribution is 5.90. The van der Waals surface area contributed by atoms with Gasteiger partial charge in [0.1, 0.15) is 0 Å². The Bertz CT molecular complexity index is 584. The van der Waals surface area contributed by atoms with E-state index in [0.717, 1.165) is 6.42 Å². The van der Waals surface area contributed by atoms with Crippen LogP contribution in [0.15, 0.2) is 36.7 Å². The van der Waals surface area contributed by atoms with Crippen molar-refractivity contribution in [3.8, 4) is 0 Å². The van der Waals surface area contributed by atoms with E-state index in [0.29, 0.717) is 12.4 Å². The highest BCUT2D eigenvalue weighted by Gasteiger charge is 2.11. The van der Waals surface area contributed by atoms with Gasteiger partial charge in [0, 0.05) is 18.9 Å². The fourth-order valence-electron chi connectivity index (χ4n) is 1.83. The zero-order valence-corrected chi connectivity index (χ0v) is 10.6. The molecule has 2 rings (SSSR count). The normalized spacial score (nSPS) is 10.2. The van der Waals surface area contributed by atoms with Gasteiger partial charge in [-0.3, -0.25) is 0 Å². The Morgan fingerprint density at radius 2 is 2.00 bits per heavy atom. The summed E-state index contributed by atoms with van der Waals surface area (Å²) in [4.78, 5) is 18.8. The van der Waals surface area contributed by atoms with Gasteiger partial charge < -0.3 is 10.4 Å². The van der Waals surface area contributed by atoms with Crippen LogP contribution in [0, 0.1) is 6.92 Å². The minimum atomic E-state index is -1.08. The SMILES string of the molecule is Cc1ccccc1CCNc1nccnc1C(=O)O. The summed E-state index contributed by atoms with van der Waals surface area (Å²) in [5.74, 6) is -0.768. The Morgan fingerprint density at radius 1 is 1.26 bits per heavy atom. The van der Waals surface area contributed by atoms with Crippen LogP contribution in [0.1, 0.15) is 21.6 Å². The van der Waals surface area contributed by atoms with Gasteiger partial charge in [0.25, 0.3) is 0 Å². The van der Waals surface area contributed by atoms with Crippen molar-refractivity contribution < 1.29 is 9.90 Å². The maximum Gasteiger partial charge on any atom is 0.358 e. The molecule has 0 fully saturated rings. The molecule has 0 amide bonds. The first-order valence-electron chi connectivity index (χ1n) is 6.01. The monoisotopic (exact) mass is 257 g/mol. The standard InChI is InChI=1S/C14H15N3O2/c1-10-4-2-3-5-11(10)6-7-16-13-12(14(18)19)15-8-9-17-13/h2-5,8-9H,6-7H2,1H3,(H,16,17)(H,18,19). The number of aromatic carboxylic acids is 1. The first-order chi connectivity index (χ1) is 9.18. The molecule has 1 aromatic heterocycles. The van der Waals surface area contributed by atoms with E-state index in [9.17, 15) is 4.79 Å². The lowest BCUT2D eigenvalue weighted by Crippen LogP contribution is -2.12. The summed E-state index contributed by atoms with van der Waals surface area (Å²) in [5.41, 5.74) is 2.41. The summed E-state index contributed by atoms with van der Waals surface area (Å²) < 4.78 is 0.